The van der Waals surface area contributed by atoms with Gasteiger partial charge in [-0.1, -0.05) is 27.2 Å². The first-order valence-corrected chi connectivity index (χ1v) is 4.82. The van der Waals surface area contributed by atoms with Gasteiger partial charge in [0.05, 0.1) is 0 Å². The molecule has 2 unspecified atom stereocenters. The summed E-state index contributed by atoms with van der Waals surface area (Å²) in [5, 5.41) is 0. The van der Waals surface area contributed by atoms with Crippen LogP contribution in [0, 0.1) is 5.92 Å². The smallest absolute Gasteiger partial charge is 0.00670 e. The van der Waals surface area contributed by atoms with Crippen molar-refractivity contribution in [2.24, 2.45) is 5.92 Å². The van der Waals surface area contributed by atoms with E-state index in [1.54, 1.807) is 0 Å². The van der Waals surface area contributed by atoms with Crippen LogP contribution in [0.2, 0.25) is 0 Å². The zero-order valence-corrected chi connectivity index (χ0v) is 8.72. The van der Waals surface area contributed by atoms with Crippen LogP contribution < -0.4 is 0 Å². The first kappa shape index (κ1) is 11.0. The Bertz CT molecular complexity index is 80.9. The average molecular weight is 157 g/mol. The first-order valence-electron chi connectivity index (χ1n) is 4.82. The van der Waals surface area contributed by atoms with Gasteiger partial charge in [0.25, 0.3) is 0 Å². The number of rotatable bonds is 0. The Kier molecular flexibility index (Phi) is 5.57. The summed E-state index contributed by atoms with van der Waals surface area (Å²) in [4.78, 5) is 2.42. The van der Waals surface area contributed by atoms with E-state index in [2.05, 4.69) is 39.6 Å². The average Bonchev–Trinajstić information content (AvgIpc) is 2.12. The van der Waals surface area contributed by atoms with Crippen molar-refractivity contribution in [3.63, 3.8) is 0 Å². The molecule has 0 amide bonds. The normalized spacial score (nSPS) is 31.4. The summed E-state index contributed by atoms with van der Waals surface area (Å²) in [6, 6.07) is 0.824. The lowest BCUT2D eigenvalue weighted by Gasteiger charge is -2.12. The van der Waals surface area contributed by atoms with Gasteiger partial charge in [0, 0.05) is 12.6 Å². The Morgan fingerprint density at radius 3 is 1.82 bits per heavy atom. The second kappa shape index (κ2) is 5.59. The van der Waals surface area contributed by atoms with Crippen LogP contribution in [0.3, 0.4) is 0 Å². The molecule has 1 saturated heterocycles. The first-order chi connectivity index (χ1) is 5.11. The van der Waals surface area contributed by atoms with Gasteiger partial charge >= 0.3 is 0 Å². The van der Waals surface area contributed by atoms with Gasteiger partial charge < -0.3 is 4.90 Å². The van der Waals surface area contributed by atoms with Crippen LogP contribution >= 0.6 is 0 Å². The lowest BCUT2D eigenvalue weighted by molar-refractivity contribution is 0.327. The molecule has 0 spiro atoms. The highest BCUT2D eigenvalue weighted by Crippen LogP contribution is 2.19. The Morgan fingerprint density at radius 2 is 1.73 bits per heavy atom. The molecule has 1 fully saturated rings. The predicted molar refractivity (Wildman–Crippen MR) is 51.8 cm³/mol. The maximum Gasteiger partial charge on any atom is 0.00670 e. The molecule has 0 bridgehead atoms. The summed E-state index contributed by atoms with van der Waals surface area (Å²) >= 11 is 0. The van der Waals surface area contributed by atoms with Gasteiger partial charge in [0.2, 0.25) is 0 Å². The van der Waals surface area contributed by atoms with Crippen LogP contribution in [0.4, 0.5) is 0 Å². The van der Waals surface area contributed by atoms with Crippen LogP contribution in [0.15, 0.2) is 0 Å². The van der Waals surface area contributed by atoms with Crippen molar-refractivity contribution in [2.45, 2.75) is 46.6 Å². The van der Waals surface area contributed by atoms with Crippen molar-refractivity contribution in [3.8, 4) is 0 Å². The molecule has 0 saturated carbocycles. The molecule has 1 heteroatoms. The fourth-order valence-electron chi connectivity index (χ4n) is 1.51. The zero-order chi connectivity index (χ0) is 8.85. The predicted octanol–water partition coefficient (Wildman–Crippen LogP) is 2.76. The van der Waals surface area contributed by atoms with E-state index >= 15 is 0 Å². The molecule has 0 aliphatic carbocycles. The fraction of sp³-hybridized carbons (Fsp3) is 1.00. The van der Waals surface area contributed by atoms with Crippen LogP contribution in [-0.2, 0) is 0 Å². The summed E-state index contributed by atoms with van der Waals surface area (Å²) in [5.41, 5.74) is 0. The van der Waals surface area contributed by atoms with Crippen LogP contribution in [0.5, 0.6) is 0 Å². The molecule has 1 aliphatic heterocycles. The van der Waals surface area contributed by atoms with Gasteiger partial charge in [0.1, 0.15) is 0 Å². The van der Waals surface area contributed by atoms with E-state index in [4.69, 9.17) is 0 Å². The van der Waals surface area contributed by atoms with Gasteiger partial charge in [-0.15, -0.1) is 0 Å². The summed E-state index contributed by atoms with van der Waals surface area (Å²) in [7, 11) is 2.20. The van der Waals surface area contributed by atoms with Crippen molar-refractivity contribution >= 4 is 0 Å². The van der Waals surface area contributed by atoms with Crippen molar-refractivity contribution in [1.29, 1.82) is 0 Å². The van der Waals surface area contributed by atoms with E-state index in [1.165, 1.54) is 19.4 Å². The minimum Gasteiger partial charge on any atom is -0.303 e. The SMILES string of the molecule is CC1CC(C)N(C)C1.CCC. The maximum atomic E-state index is 2.42. The molecular formula is C10H23N. The second-order valence-corrected chi connectivity index (χ2v) is 3.84. The molecule has 2 atom stereocenters. The molecule has 0 aromatic carbocycles. The molecule has 1 heterocycles. The fourth-order valence-corrected chi connectivity index (χ4v) is 1.51. The molecule has 0 N–H and O–H groups in total. The largest absolute Gasteiger partial charge is 0.303 e. The van der Waals surface area contributed by atoms with Crippen LogP contribution in [0.1, 0.15) is 40.5 Å². The van der Waals surface area contributed by atoms with Gasteiger partial charge in [-0.3, -0.25) is 0 Å². The Hall–Kier alpha value is -0.0400. The summed E-state index contributed by atoms with van der Waals surface area (Å²) in [6.45, 7) is 10.2. The van der Waals surface area contributed by atoms with Crippen molar-refractivity contribution in [1.82, 2.24) is 4.90 Å². The van der Waals surface area contributed by atoms with Crippen LogP contribution in [-0.4, -0.2) is 24.5 Å². The molecule has 0 aromatic heterocycles. The molecule has 0 radical (unpaired) electrons. The van der Waals surface area contributed by atoms with Gasteiger partial charge in [-0.2, -0.15) is 0 Å². The quantitative estimate of drug-likeness (QED) is 0.522. The molecule has 0 aromatic rings. The summed E-state index contributed by atoms with van der Waals surface area (Å²) in [6.07, 6.45) is 2.64. The third-order valence-corrected chi connectivity index (χ3v) is 2.10. The molecule has 1 rings (SSSR count). The number of likely N-dealkylation sites (tertiary alicyclic amines) is 1. The van der Waals surface area contributed by atoms with Gasteiger partial charge in [-0.25, -0.2) is 0 Å². The topological polar surface area (TPSA) is 3.24 Å². The van der Waals surface area contributed by atoms with Crippen LogP contribution in [0.25, 0.3) is 0 Å². The van der Waals surface area contributed by atoms with Crippen molar-refractivity contribution in [3.05, 3.63) is 0 Å². The molecule has 1 aliphatic rings. The molecule has 11 heavy (non-hydrogen) atoms. The van der Waals surface area contributed by atoms with Gasteiger partial charge in [0.15, 0.2) is 0 Å². The number of nitrogens with zero attached hydrogens (tertiary/aromatic N) is 1. The number of hydrogen-bond acceptors (Lipinski definition) is 1. The van der Waals surface area contributed by atoms with E-state index in [-0.39, 0.29) is 0 Å². The highest BCUT2D eigenvalue weighted by atomic mass is 15.1. The van der Waals surface area contributed by atoms with E-state index in [0.29, 0.717) is 0 Å². The summed E-state index contributed by atoms with van der Waals surface area (Å²) < 4.78 is 0. The Balaban J connectivity index is 0.000000292. The molecular weight excluding hydrogens is 134 g/mol. The van der Waals surface area contributed by atoms with E-state index < -0.39 is 0 Å². The minimum absolute atomic E-state index is 0.824. The van der Waals surface area contributed by atoms with Crippen molar-refractivity contribution in [2.75, 3.05) is 13.6 Å². The lowest BCUT2D eigenvalue weighted by Crippen LogP contribution is -2.21. The minimum atomic E-state index is 0.824. The van der Waals surface area contributed by atoms with E-state index in [9.17, 15) is 0 Å². The van der Waals surface area contributed by atoms with Gasteiger partial charge in [-0.05, 0) is 26.3 Å². The standard InChI is InChI=1S/C7H15N.C3H8/c1-6-4-7(2)8(3)5-6;1-3-2/h6-7H,4-5H2,1-3H3;3H2,1-2H3. The third-order valence-electron chi connectivity index (χ3n) is 2.10. The molecule has 68 valence electrons. The number of hydrogen-bond donors (Lipinski definition) is 0. The lowest BCUT2D eigenvalue weighted by atomic mass is 10.1. The monoisotopic (exact) mass is 157 g/mol. The maximum absolute atomic E-state index is 2.42. The Labute approximate surface area is 71.8 Å². The highest BCUT2D eigenvalue weighted by Gasteiger charge is 2.21. The second-order valence-electron chi connectivity index (χ2n) is 3.84. The Morgan fingerprint density at radius 1 is 1.27 bits per heavy atom. The van der Waals surface area contributed by atoms with E-state index in [0.717, 1.165) is 12.0 Å². The highest BCUT2D eigenvalue weighted by molar-refractivity contribution is 4.76. The van der Waals surface area contributed by atoms with Crippen molar-refractivity contribution < 1.29 is 0 Å². The summed E-state index contributed by atoms with van der Waals surface area (Å²) in [5.74, 6) is 0.926. The molecule has 1 nitrogen and oxygen atoms in total. The third kappa shape index (κ3) is 4.41. The van der Waals surface area contributed by atoms with E-state index in [1.807, 2.05) is 0 Å². The zero-order valence-electron chi connectivity index (χ0n) is 8.72.